The van der Waals surface area contributed by atoms with Gasteiger partial charge in [0.25, 0.3) is 0 Å². The normalized spacial score (nSPS) is 27.1. The minimum atomic E-state index is 0.327. The second kappa shape index (κ2) is 3.62. The van der Waals surface area contributed by atoms with Crippen LogP contribution in [0.15, 0.2) is 24.3 Å². The Morgan fingerprint density at radius 3 is 1.61 bits per heavy atom. The maximum absolute atomic E-state index is 2.49. The Morgan fingerprint density at radius 1 is 0.722 bits per heavy atom. The summed E-state index contributed by atoms with van der Waals surface area (Å²) in [5, 5.41) is 0. The number of rotatable bonds is 0. The molecule has 1 aromatic carbocycles. The maximum Gasteiger partial charge on any atom is -0.00359 e. The molecule has 0 saturated heterocycles. The molecule has 98 valence electrons. The van der Waals surface area contributed by atoms with Gasteiger partial charge in [0.15, 0.2) is 0 Å². The van der Waals surface area contributed by atoms with Crippen LogP contribution in [-0.2, 0) is 10.8 Å². The van der Waals surface area contributed by atoms with Crippen LogP contribution in [0.2, 0.25) is 0 Å². The Bertz CT molecular complexity index is 422. The zero-order chi connectivity index (χ0) is 13.0. The van der Waals surface area contributed by atoms with Gasteiger partial charge in [-0.15, -0.1) is 0 Å². The molecule has 0 radical (unpaired) electrons. The molecule has 3 rings (SSSR count). The smallest absolute Gasteiger partial charge is 0.00359 e. The fourth-order valence-corrected chi connectivity index (χ4v) is 5.28. The Labute approximate surface area is 112 Å². The molecular weight excluding hydrogens is 216 g/mol. The van der Waals surface area contributed by atoms with Gasteiger partial charge in [0, 0.05) is 0 Å². The summed E-state index contributed by atoms with van der Waals surface area (Å²) < 4.78 is 0. The summed E-state index contributed by atoms with van der Waals surface area (Å²) in [5.41, 5.74) is 4.34. The second-order valence-electron chi connectivity index (χ2n) is 7.44. The summed E-state index contributed by atoms with van der Waals surface area (Å²) in [6.07, 6.45) is 7.08. The van der Waals surface area contributed by atoms with Crippen LogP contribution < -0.4 is 0 Å². The van der Waals surface area contributed by atoms with E-state index >= 15 is 0 Å². The first-order valence-corrected chi connectivity index (χ1v) is 7.53. The molecule has 0 aliphatic heterocycles. The molecule has 18 heavy (non-hydrogen) atoms. The van der Waals surface area contributed by atoms with Crippen LogP contribution in [0.1, 0.15) is 70.9 Å². The Kier molecular flexibility index (Phi) is 2.47. The van der Waals surface area contributed by atoms with Gasteiger partial charge in [0.1, 0.15) is 0 Å². The van der Waals surface area contributed by atoms with Gasteiger partial charge in [-0.2, -0.15) is 0 Å². The van der Waals surface area contributed by atoms with Gasteiger partial charge >= 0.3 is 0 Å². The molecule has 0 amide bonds. The molecule has 0 heteroatoms. The lowest BCUT2D eigenvalue weighted by Crippen LogP contribution is -2.48. The van der Waals surface area contributed by atoms with Crippen LogP contribution in [0.4, 0.5) is 0 Å². The van der Waals surface area contributed by atoms with Crippen molar-refractivity contribution in [2.24, 2.45) is 5.41 Å². The standard InChI is InChI=1S/C18H26/c1-16(2)14-10-6-7-11-15(14)17(3,4)18(16)12-8-5-9-13-18/h6-7,10-11H,5,8-9,12-13H2,1-4H3. The van der Waals surface area contributed by atoms with E-state index in [1.807, 2.05) is 0 Å². The van der Waals surface area contributed by atoms with Gasteiger partial charge < -0.3 is 0 Å². The third-order valence-electron chi connectivity index (χ3n) is 6.37. The van der Waals surface area contributed by atoms with Crippen molar-refractivity contribution >= 4 is 0 Å². The summed E-state index contributed by atoms with van der Waals surface area (Å²) >= 11 is 0. The lowest BCUT2D eigenvalue weighted by Gasteiger charge is -2.52. The fourth-order valence-electron chi connectivity index (χ4n) is 5.28. The Hall–Kier alpha value is -0.780. The van der Waals surface area contributed by atoms with Gasteiger partial charge in [-0.25, -0.2) is 0 Å². The summed E-state index contributed by atoms with van der Waals surface area (Å²) in [6.45, 7) is 9.97. The SMILES string of the molecule is CC1(C)c2ccccc2C(C)(C)C12CCCCC2. The minimum absolute atomic E-state index is 0.327. The first kappa shape index (κ1) is 12.3. The molecule has 0 bridgehead atoms. The second-order valence-corrected chi connectivity index (χ2v) is 7.44. The quantitative estimate of drug-likeness (QED) is 0.586. The van der Waals surface area contributed by atoms with Crippen LogP contribution in [0.5, 0.6) is 0 Å². The number of benzene rings is 1. The monoisotopic (exact) mass is 242 g/mol. The fraction of sp³-hybridized carbons (Fsp3) is 0.667. The van der Waals surface area contributed by atoms with E-state index in [1.54, 1.807) is 11.1 Å². The molecule has 0 nitrogen and oxygen atoms in total. The van der Waals surface area contributed by atoms with Crippen molar-refractivity contribution in [3.8, 4) is 0 Å². The highest BCUT2D eigenvalue weighted by atomic mass is 14.6. The highest BCUT2D eigenvalue weighted by Gasteiger charge is 2.61. The predicted molar refractivity (Wildman–Crippen MR) is 78.0 cm³/mol. The number of hydrogen-bond donors (Lipinski definition) is 0. The highest BCUT2D eigenvalue weighted by molar-refractivity contribution is 5.49. The van der Waals surface area contributed by atoms with Crippen molar-refractivity contribution in [1.29, 1.82) is 0 Å². The largest absolute Gasteiger partial charge is 0.0620 e. The van der Waals surface area contributed by atoms with Crippen molar-refractivity contribution in [2.75, 3.05) is 0 Å². The van der Waals surface area contributed by atoms with Gasteiger partial charge in [-0.3, -0.25) is 0 Å². The Morgan fingerprint density at radius 2 is 1.17 bits per heavy atom. The molecule has 0 unspecified atom stereocenters. The average Bonchev–Trinajstić information content (AvgIpc) is 2.50. The van der Waals surface area contributed by atoms with E-state index in [-0.39, 0.29) is 0 Å². The molecule has 1 saturated carbocycles. The van der Waals surface area contributed by atoms with Crippen LogP contribution in [0.25, 0.3) is 0 Å². The molecule has 1 fully saturated rings. The Balaban J connectivity index is 2.23. The number of hydrogen-bond acceptors (Lipinski definition) is 0. The van der Waals surface area contributed by atoms with E-state index in [1.165, 1.54) is 32.1 Å². The third kappa shape index (κ3) is 1.22. The number of fused-ring (bicyclic) bond motifs is 1. The van der Waals surface area contributed by atoms with E-state index in [9.17, 15) is 0 Å². The van der Waals surface area contributed by atoms with Gasteiger partial charge in [0.05, 0.1) is 0 Å². The highest BCUT2D eigenvalue weighted by Crippen LogP contribution is 2.67. The molecule has 1 spiro atoms. The van der Waals surface area contributed by atoms with Crippen molar-refractivity contribution < 1.29 is 0 Å². The zero-order valence-electron chi connectivity index (χ0n) is 12.3. The molecule has 2 aliphatic carbocycles. The van der Waals surface area contributed by atoms with Crippen LogP contribution in [0.3, 0.4) is 0 Å². The van der Waals surface area contributed by atoms with Crippen molar-refractivity contribution in [3.63, 3.8) is 0 Å². The lowest BCUT2D eigenvalue weighted by atomic mass is 9.51. The molecular formula is C18H26. The van der Waals surface area contributed by atoms with Crippen molar-refractivity contribution in [3.05, 3.63) is 35.4 Å². The minimum Gasteiger partial charge on any atom is -0.0620 e. The third-order valence-corrected chi connectivity index (χ3v) is 6.37. The maximum atomic E-state index is 2.49. The van der Waals surface area contributed by atoms with Gasteiger partial charge in [-0.05, 0) is 40.2 Å². The lowest BCUT2D eigenvalue weighted by molar-refractivity contribution is 0.0298. The van der Waals surface area contributed by atoms with Gasteiger partial charge in [0.2, 0.25) is 0 Å². The molecule has 2 aliphatic rings. The summed E-state index contributed by atoms with van der Waals surface area (Å²) in [4.78, 5) is 0. The van der Waals surface area contributed by atoms with Crippen LogP contribution in [-0.4, -0.2) is 0 Å². The zero-order valence-corrected chi connectivity index (χ0v) is 12.3. The van der Waals surface area contributed by atoms with Crippen LogP contribution in [0, 0.1) is 5.41 Å². The summed E-state index contributed by atoms with van der Waals surface area (Å²) in [6, 6.07) is 9.19. The first-order valence-electron chi connectivity index (χ1n) is 7.53. The van der Waals surface area contributed by atoms with E-state index in [0.29, 0.717) is 16.2 Å². The molecule has 0 atom stereocenters. The van der Waals surface area contributed by atoms with Crippen molar-refractivity contribution in [1.82, 2.24) is 0 Å². The van der Waals surface area contributed by atoms with E-state index in [0.717, 1.165) is 0 Å². The predicted octanol–water partition coefficient (Wildman–Crippen LogP) is 5.21. The van der Waals surface area contributed by atoms with E-state index in [4.69, 9.17) is 0 Å². The van der Waals surface area contributed by atoms with Crippen LogP contribution >= 0.6 is 0 Å². The first-order chi connectivity index (χ1) is 8.43. The average molecular weight is 242 g/mol. The molecule has 0 aromatic heterocycles. The summed E-state index contributed by atoms with van der Waals surface area (Å²) in [7, 11) is 0. The topological polar surface area (TPSA) is 0 Å². The summed E-state index contributed by atoms with van der Waals surface area (Å²) in [5.74, 6) is 0. The van der Waals surface area contributed by atoms with E-state index in [2.05, 4.69) is 52.0 Å². The van der Waals surface area contributed by atoms with Crippen molar-refractivity contribution in [2.45, 2.75) is 70.6 Å². The molecule has 1 aromatic rings. The van der Waals surface area contributed by atoms with E-state index < -0.39 is 0 Å². The molecule has 0 heterocycles. The van der Waals surface area contributed by atoms with Gasteiger partial charge in [-0.1, -0.05) is 71.2 Å². The molecule has 0 N–H and O–H groups in total.